The molecule has 0 unspecified atom stereocenters. The molecule has 0 spiro atoms. The Balaban J connectivity index is 0.000000219. The molecular formula is C49H35F3IrN2O-2. The fourth-order valence-corrected chi connectivity index (χ4v) is 6.48. The first-order chi connectivity index (χ1) is 31.4. The number of aromatic nitrogens is 2. The molecule has 3 aromatic heterocycles. The predicted molar refractivity (Wildman–Crippen MR) is 217 cm³/mol. The van der Waals surface area contributed by atoms with Crippen LogP contribution in [0.2, 0.25) is 0 Å². The topological polar surface area (TPSA) is 38.9 Å². The molecule has 9 rings (SSSR count). The van der Waals surface area contributed by atoms with Crippen LogP contribution in [0.4, 0.5) is 13.2 Å². The molecule has 6 aromatic carbocycles. The first kappa shape index (κ1) is 26.1. The first-order valence-electron chi connectivity index (χ1n) is 23.0. The summed E-state index contributed by atoms with van der Waals surface area (Å²) in [4.78, 5) is 8.57. The van der Waals surface area contributed by atoms with Crippen molar-refractivity contribution in [1.82, 2.24) is 9.97 Å². The fourth-order valence-electron chi connectivity index (χ4n) is 6.48. The fraction of sp³-hybridized carbons (Fsp3) is 0.102. The number of furan rings is 1. The molecule has 0 aliphatic heterocycles. The predicted octanol–water partition coefficient (Wildman–Crippen LogP) is 13.7. The van der Waals surface area contributed by atoms with Crippen LogP contribution in [0.5, 0.6) is 0 Å². The van der Waals surface area contributed by atoms with E-state index in [9.17, 15) is 13.2 Å². The van der Waals surface area contributed by atoms with Crippen LogP contribution >= 0.6 is 0 Å². The Kier molecular flexibility index (Phi) is 7.30. The summed E-state index contributed by atoms with van der Waals surface area (Å²) < 4.78 is 140. The third-order valence-electron chi connectivity index (χ3n) is 9.20. The van der Waals surface area contributed by atoms with Crippen molar-refractivity contribution in [2.75, 3.05) is 0 Å². The molecule has 0 atom stereocenters. The van der Waals surface area contributed by atoms with Gasteiger partial charge < -0.3 is 14.4 Å². The maximum absolute atomic E-state index is 13.5. The Morgan fingerprint density at radius 1 is 0.607 bits per heavy atom. The molecule has 0 bridgehead atoms. The Morgan fingerprint density at radius 2 is 1.39 bits per heavy atom. The molecule has 0 N–H and O–H groups in total. The maximum Gasteiger partial charge on any atom is 0.416 e. The van der Waals surface area contributed by atoms with Crippen molar-refractivity contribution < 1.29 is 54.1 Å². The number of nitrogens with zero attached hydrogens (tertiary/aromatic N) is 2. The summed E-state index contributed by atoms with van der Waals surface area (Å²) in [5.41, 5.74) is 2.28. The molecule has 0 saturated heterocycles. The van der Waals surface area contributed by atoms with E-state index < -0.39 is 44.7 Å². The van der Waals surface area contributed by atoms with Crippen LogP contribution in [0.1, 0.15) is 44.3 Å². The molecular weight excluding hydrogens is 882 g/mol. The summed E-state index contributed by atoms with van der Waals surface area (Å²) in [7, 11) is 0. The largest absolute Gasteiger partial charge is 0.500 e. The van der Waals surface area contributed by atoms with Gasteiger partial charge in [-0.1, -0.05) is 114 Å². The van der Waals surface area contributed by atoms with Gasteiger partial charge >= 0.3 is 6.18 Å². The number of pyridine rings is 2. The number of hydrogen-bond donors (Lipinski definition) is 0. The van der Waals surface area contributed by atoms with Crippen molar-refractivity contribution >= 4 is 32.7 Å². The van der Waals surface area contributed by atoms with E-state index in [4.69, 9.17) is 20.9 Å². The third kappa shape index (κ3) is 7.53. The number of alkyl halides is 3. The summed E-state index contributed by atoms with van der Waals surface area (Å²) in [5, 5.41) is 3.48. The van der Waals surface area contributed by atoms with Gasteiger partial charge in [-0.15, -0.1) is 47.5 Å². The zero-order valence-electron chi connectivity index (χ0n) is 41.0. The number of fused-ring (bicyclic) bond motifs is 5. The van der Waals surface area contributed by atoms with Gasteiger partial charge in [0.2, 0.25) is 0 Å². The second kappa shape index (κ2) is 15.7. The summed E-state index contributed by atoms with van der Waals surface area (Å²) in [6, 6.07) is 40.4. The number of benzene rings is 6. The average Bonchev–Trinajstić information content (AvgIpc) is 3.67. The van der Waals surface area contributed by atoms with Gasteiger partial charge in [-0.2, -0.15) is 13.2 Å². The minimum Gasteiger partial charge on any atom is -0.500 e. The normalized spacial score (nSPS) is 15.4. The van der Waals surface area contributed by atoms with E-state index in [2.05, 4.69) is 22.1 Å². The van der Waals surface area contributed by atoms with Crippen molar-refractivity contribution in [2.45, 2.75) is 33.6 Å². The summed E-state index contributed by atoms with van der Waals surface area (Å²) in [6.45, 7) is -10.2. The Hall–Kier alpha value is -5.88. The minimum atomic E-state index is -4.79. The van der Waals surface area contributed by atoms with E-state index in [1.165, 1.54) is 24.4 Å². The minimum absolute atomic E-state index is 0. The molecule has 279 valence electrons. The van der Waals surface area contributed by atoms with Crippen LogP contribution in [-0.2, 0) is 26.3 Å². The zero-order valence-corrected chi connectivity index (χ0v) is 31.4. The van der Waals surface area contributed by atoms with Crippen molar-refractivity contribution in [2.24, 2.45) is 0 Å². The first-order valence-corrected chi connectivity index (χ1v) is 17.0. The Labute approximate surface area is 354 Å². The molecule has 3 nitrogen and oxygen atoms in total. The average molecular weight is 929 g/mol. The molecule has 0 fully saturated rings. The third-order valence-corrected chi connectivity index (χ3v) is 9.20. The van der Waals surface area contributed by atoms with Gasteiger partial charge in [0.15, 0.2) is 0 Å². The van der Waals surface area contributed by atoms with Gasteiger partial charge in [-0.05, 0) is 82.8 Å². The van der Waals surface area contributed by atoms with Gasteiger partial charge in [0.05, 0.1) is 11.1 Å². The number of aryl methyl sites for hydroxylation is 4. The monoisotopic (exact) mass is 929 g/mol. The number of rotatable bonds is 4. The maximum atomic E-state index is 13.5. The Morgan fingerprint density at radius 3 is 2.16 bits per heavy atom. The van der Waals surface area contributed by atoms with Crippen molar-refractivity contribution in [3.05, 3.63) is 180 Å². The van der Waals surface area contributed by atoms with E-state index in [-0.39, 0.29) is 53.6 Å². The summed E-state index contributed by atoms with van der Waals surface area (Å²) in [6.07, 6.45) is -2.37. The van der Waals surface area contributed by atoms with Gasteiger partial charge in [-0.25, -0.2) is 0 Å². The van der Waals surface area contributed by atoms with Gasteiger partial charge in [0.25, 0.3) is 0 Å². The van der Waals surface area contributed by atoms with E-state index >= 15 is 0 Å². The molecule has 3 heterocycles. The summed E-state index contributed by atoms with van der Waals surface area (Å²) in [5.74, 6) is 0. The van der Waals surface area contributed by atoms with E-state index in [1.807, 2.05) is 72.8 Å². The van der Waals surface area contributed by atoms with Crippen LogP contribution in [0.25, 0.3) is 77.5 Å². The van der Waals surface area contributed by atoms with Gasteiger partial charge in [-0.3, -0.25) is 0 Å². The molecule has 0 aliphatic carbocycles. The molecule has 0 amide bonds. The molecule has 56 heavy (non-hydrogen) atoms. The smallest absolute Gasteiger partial charge is 0.416 e. The summed E-state index contributed by atoms with van der Waals surface area (Å²) >= 11 is 0. The second-order valence-electron chi connectivity index (χ2n) is 12.7. The van der Waals surface area contributed by atoms with E-state index in [1.54, 1.807) is 18.2 Å². The van der Waals surface area contributed by atoms with E-state index in [0.29, 0.717) is 39.6 Å². The van der Waals surface area contributed by atoms with Crippen molar-refractivity contribution in [1.29, 1.82) is 0 Å². The standard InChI is InChI=1S/C30H19F3NO.C19H16N.Ir/c1-17-14-20(30(31,32)33)11-13-21(17)26-15-27(34-16-18(26)2)25-9-5-8-23-24-12-10-19-6-3-4-7-22(19)28(24)35-29(23)25;1-14-8-11-19(20-13-14)17-10-9-15(2)18(12-17)16-6-4-3-5-7-16;/h3-8,10-16H,1-2H3;3-9,11-13H,1-2H3;/q2*-1;/i2*1D3,2D3;. The molecule has 1 radical (unpaired) electrons. The van der Waals surface area contributed by atoms with E-state index in [0.717, 1.165) is 45.4 Å². The SMILES string of the molecule is [2H]C([2H])([2H])c1ccc(-c2[c-]cc(C([2H])([2H])[2H])c(-c3ccccc3)c2)nc1.[2H]C([2H])([2H])c1cnc(-c2[c-]ccc3c2oc2c4ccccc4ccc32)cc1-c1ccc(C(F)(F)F)cc1C([2H])([2H])[2H].[Ir]. The quantitative estimate of drug-likeness (QED) is 0.165. The van der Waals surface area contributed by atoms with Crippen LogP contribution in [0, 0.1) is 39.5 Å². The van der Waals surface area contributed by atoms with Crippen LogP contribution in [-0.4, -0.2) is 9.97 Å². The van der Waals surface area contributed by atoms with Gasteiger partial charge in [0, 0.05) is 59.7 Å². The number of halogens is 3. The number of hydrogen-bond acceptors (Lipinski definition) is 3. The van der Waals surface area contributed by atoms with Crippen molar-refractivity contribution in [3.63, 3.8) is 0 Å². The van der Waals surface area contributed by atoms with Gasteiger partial charge in [0.1, 0.15) is 5.58 Å². The Bertz CT molecular complexity index is 3290. The van der Waals surface area contributed by atoms with Crippen LogP contribution in [0.15, 0.2) is 144 Å². The van der Waals surface area contributed by atoms with Crippen LogP contribution < -0.4 is 0 Å². The second-order valence-corrected chi connectivity index (χ2v) is 12.7. The van der Waals surface area contributed by atoms with Crippen LogP contribution in [0.3, 0.4) is 0 Å². The van der Waals surface area contributed by atoms with Crippen molar-refractivity contribution in [3.8, 4) is 44.8 Å². The molecule has 0 aliphatic rings. The molecule has 0 saturated carbocycles. The molecule has 9 aromatic rings. The molecule has 7 heteroatoms. The zero-order chi connectivity index (χ0) is 48.3.